The van der Waals surface area contributed by atoms with Gasteiger partial charge >= 0.3 is 6.09 Å². The average molecular weight is 356 g/mol. The van der Waals surface area contributed by atoms with Crippen molar-refractivity contribution in [1.29, 1.82) is 0 Å². The third-order valence-corrected chi connectivity index (χ3v) is 4.75. The summed E-state index contributed by atoms with van der Waals surface area (Å²) in [6.45, 7) is 0.543. The molecule has 1 N–H and O–H groups in total. The second-order valence-electron chi connectivity index (χ2n) is 5.43. The van der Waals surface area contributed by atoms with Gasteiger partial charge in [-0.15, -0.1) is 10.2 Å². The quantitative estimate of drug-likeness (QED) is 0.895. The van der Waals surface area contributed by atoms with Crippen molar-refractivity contribution in [2.75, 3.05) is 6.54 Å². The molecular weight excluding hydrogens is 341 g/mol. The Morgan fingerprint density at radius 3 is 2.96 bits per heavy atom. The highest BCUT2D eigenvalue weighted by Crippen LogP contribution is 2.33. The van der Waals surface area contributed by atoms with E-state index in [1.807, 2.05) is 0 Å². The van der Waals surface area contributed by atoms with E-state index in [0.29, 0.717) is 34.5 Å². The van der Waals surface area contributed by atoms with Crippen molar-refractivity contribution in [2.45, 2.75) is 31.7 Å². The fourth-order valence-corrected chi connectivity index (χ4v) is 3.16. The number of carboxylic acid groups (broad SMARTS) is 1. The van der Waals surface area contributed by atoms with Gasteiger partial charge in [-0.25, -0.2) is 4.79 Å². The van der Waals surface area contributed by atoms with Crippen LogP contribution in [-0.4, -0.2) is 38.9 Å². The Hall–Kier alpha value is -1.79. The van der Waals surface area contributed by atoms with Gasteiger partial charge in [-0.05, 0) is 31.4 Å². The third kappa shape index (κ3) is 3.43. The van der Waals surface area contributed by atoms with Crippen LogP contribution in [0.2, 0.25) is 10.0 Å². The molecule has 0 radical (unpaired) electrons. The summed E-state index contributed by atoms with van der Waals surface area (Å²) in [5.41, 5.74) is 0.566. The largest absolute Gasteiger partial charge is 0.465 e. The van der Waals surface area contributed by atoms with E-state index < -0.39 is 6.09 Å². The number of benzene rings is 1. The molecule has 1 amide bonds. The number of hydrogen-bond donors (Lipinski definition) is 1. The SMILES string of the molecule is O=C(O)N1CCCCC1Cc1nnc(-c2cccc(Cl)c2Cl)o1. The minimum absolute atomic E-state index is 0.135. The van der Waals surface area contributed by atoms with Gasteiger partial charge in [0.15, 0.2) is 0 Å². The van der Waals surface area contributed by atoms with Gasteiger partial charge in [0, 0.05) is 19.0 Å². The number of carbonyl (C=O) groups is 1. The molecule has 1 aliphatic heterocycles. The number of nitrogens with zero attached hydrogens (tertiary/aromatic N) is 3. The highest BCUT2D eigenvalue weighted by molar-refractivity contribution is 6.43. The van der Waals surface area contributed by atoms with Crippen molar-refractivity contribution in [1.82, 2.24) is 15.1 Å². The molecule has 2 aromatic rings. The summed E-state index contributed by atoms with van der Waals surface area (Å²) in [5, 5.41) is 18.0. The molecule has 1 aromatic heterocycles. The van der Waals surface area contributed by atoms with Gasteiger partial charge in [0.25, 0.3) is 0 Å². The maximum Gasteiger partial charge on any atom is 0.407 e. The molecular formula is C15H15Cl2N3O3. The molecule has 122 valence electrons. The molecule has 0 aliphatic carbocycles. The summed E-state index contributed by atoms with van der Waals surface area (Å²) in [4.78, 5) is 12.7. The monoisotopic (exact) mass is 355 g/mol. The summed E-state index contributed by atoms with van der Waals surface area (Å²) in [6.07, 6.45) is 2.16. The summed E-state index contributed by atoms with van der Waals surface area (Å²) >= 11 is 12.1. The normalized spacial score (nSPS) is 18.2. The predicted molar refractivity (Wildman–Crippen MR) is 85.8 cm³/mol. The van der Waals surface area contributed by atoms with E-state index in [1.54, 1.807) is 18.2 Å². The fourth-order valence-electron chi connectivity index (χ4n) is 2.78. The average Bonchev–Trinajstić information content (AvgIpc) is 2.98. The molecule has 8 heteroatoms. The van der Waals surface area contributed by atoms with Crippen LogP contribution in [0.4, 0.5) is 4.79 Å². The summed E-state index contributed by atoms with van der Waals surface area (Å²) in [7, 11) is 0. The second-order valence-corrected chi connectivity index (χ2v) is 6.22. The van der Waals surface area contributed by atoms with Crippen LogP contribution in [-0.2, 0) is 6.42 Å². The minimum Gasteiger partial charge on any atom is -0.465 e. The van der Waals surface area contributed by atoms with Crippen molar-refractivity contribution < 1.29 is 14.3 Å². The molecule has 0 spiro atoms. The second kappa shape index (κ2) is 6.76. The zero-order valence-corrected chi connectivity index (χ0v) is 13.7. The third-order valence-electron chi connectivity index (χ3n) is 3.93. The van der Waals surface area contributed by atoms with Gasteiger partial charge in [0.05, 0.1) is 15.6 Å². The van der Waals surface area contributed by atoms with Gasteiger partial charge in [-0.3, -0.25) is 0 Å². The zero-order chi connectivity index (χ0) is 16.4. The van der Waals surface area contributed by atoms with Crippen LogP contribution in [0, 0.1) is 0 Å². The first-order chi connectivity index (χ1) is 11.1. The highest BCUT2D eigenvalue weighted by Gasteiger charge is 2.28. The van der Waals surface area contributed by atoms with Crippen molar-refractivity contribution in [3.8, 4) is 11.5 Å². The Kier molecular flexibility index (Phi) is 4.73. The van der Waals surface area contributed by atoms with E-state index in [9.17, 15) is 9.90 Å². The van der Waals surface area contributed by atoms with Crippen molar-refractivity contribution in [3.05, 3.63) is 34.1 Å². The lowest BCUT2D eigenvalue weighted by molar-refractivity contribution is 0.104. The molecule has 1 unspecified atom stereocenters. The first-order valence-electron chi connectivity index (χ1n) is 7.32. The maximum absolute atomic E-state index is 11.3. The maximum atomic E-state index is 11.3. The van der Waals surface area contributed by atoms with E-state index in [1.165, 1.54) is 4.90 Å². The molecule has 1 aliphatic rings. The van der Waals surface area contributed by atoms with E-state index in [-0.39, 0.29) is 11.9 Å². The van der Waals surface area contributed by atoms with E-state index in [0.717, 1.165) is 19.3 Å². The topological polar surface area (TPSA) is 79.5 Å². The van der Waals surface area contributed by atoms with Crippen LogP contribution in [0.5, 0.6) is 0 Å². The number of hydrogen-bond acceptors (Lipinski definition) is 4. The number of rotatable bonds is 3. The van der Waals surface area contributed by atoms with Crippen LogP contribution in [0.25, 0.3) is 11.5 Å². The Morgan fingerprint density at radius 1 is 1.35 bits per heavy atom. The van der Waals surface area contributed by atoms with Crippen LogP contribution in [0.15, 0.2) is 22.6 Å². The molecule has 1 saturated heterocycles. The number of piperidine rings is 1. The number of halogens is 2. The molecule has 3 rings (SSSR count). The van der Waals surface area contributed by atoms with Crippen LogP contribution >= 0.6 is 23.2 Å². The summed E-state index contributed by atoms with van der Waals surface area (Å²) in [5.74, 6) is 0.680. The lowest BCUT2D eigenvalue weighted by atomic mass is 10.00. The smallest absolute Gasteiger partial charge is 0.407 e. The first-order valence-corrected chi connectivity index (χ1v) is 8.08. The fraction of sp³-hybridized carbons (Fsp3) is 0.400. The van der Waals surface area contributed by atoms with Crippen molar-refractivity contribution in [3.63, 3.8) is 0 Å². The van der Waals surface area contributed by atoms with Crippen LogP contribution < -0.4 is 0 Å². The van der Waals surface area contributed by atoms with Gasteiger partial charge in [-0.2, -0.15) is 0 Å². The van der Waals surface area contributed by atoms with Crippen molar-refractivity contribution in [2.24, 2.45) is 0 Å². The van der Waals surface area contributed by atoms with Crippen LogP contribution in [0.1, 0.15) is 25.2 Å². The molecule has 1 atom stereocenters. The Bertz CT molecular complexity index is 720. The van der Waals surface area contributed by atoms with Gasteiger partial charge in [-0.1, -0.05) is 29.3 Å². The molecule has 23 heavy (non-hydrogen) atoms. The van der Waals surface area contributed by atoms with Crippen molar-refractivity contribution >= 4 is 29.3 Å². The minimum atomic E-state index is -0.910. The summed E-state index contributed by atoms with van der Waals surface area (Å²) in [6, 6.07) is 5.04. The summed E-state index contributed by atoms with van der Waals surface area (Å²) < 4.78 is 5.65. The molecule has 1 fully saturated rings. The van der Waals surface area contributed by atoms with E-state index in [4.69, 9.17) is 27.6 Å². The lowest BCUT2D eigenvalue weighted by Crippen LogP contribution is -2.44. The standard InChI is InChI=1S/C15H15Cl2N3O3/c16-11-6-3-5-10(13(11)17)14-19-18-12(23-14)8-9-4-1-2-7-20(9)15(21)22/h3,5-6,9H,1-2,4,7-8H2,(H,21,22). The van der Waals surface area contributed by atoms with Gasteiger partial charge in [0.2, 0.25) is 11.8 Å². The lowest BCUT2D eigenvalue weighted by Gasteiger charge is -2.32. The molecule has 2 heterocycles. The van der Waals surface area contributed by atoms with Gasteiger partial charge in [0.1, 0.15) is 0 Å². The van der Waals surface area contributed by atoms with Gasteiger partial charge < -0.3 is 14.4 Å². The molecule has 0 saturated carbocycles. The first kappa shape index (κ1) is 16.1. The van der Waals surface area contributed by atoms with Crippen LogP contribution in [0.3, 0.4) is 0 Å². The number of likely N-dealkylation sites (tertiary alicyclic amines) is 1. The molecule has 0 bridgehead atoms. The Balaban J connectivity index is 1.79. The Morgan fingerprint density at radius 2 is 2.17 bits per heavy atom. The zero-order valence-electron chi connectivity index (χ0n) is 12.2. The number of amides is 1. The number of aromatic nitrogens is 2. The predicted octanol–water partition coefficient (Wildman–Crippen LogP) is 4.12. The molecule has 1 aromatic carbocycles. The Labute approximate surface area is 143 Å². The van der Waals surface area contributed by atoms with E-state index in [2.05, 4.69) is 10.2 Å². The molecule has 6 nitrogen and oxygen atoms in total. The van der Waals surface area contributed by atoms with E-state index >= 15 is 0 Å². The highest BCUT2D eigenvalue weighted by atomic mass is 35.5.